The van der Waals surface area contributed by atoms with Gasteiger partial charge in [0.25, 0.3) is 0 Å². The fourth-order valence-corrected chi connectivity index (χ4v) is 1.81. The molecule has 1 unspecified atom stereocenters. The molecule has 2 rings (SSSR count). The van der Waals surface area contributed by atoms with E-state index >= 15 is 0 Å². The summed E-state index contributed by atoms with van der Waals surface area (Å²) in [6.07, 6.45) is 0.226. The van der Waals surface area contributed by atoms with E-state index in [0.29, 0.717) is 5.56 Å². The van der Waals surface area contributed by atoms with E-state index in [9.17, 15) is 13.9 Å². The molecule has 0 aliphatic carbocycles. The number of hydrogen-bond donors (Lipinski definition) is 1. The van der Waals surface area contributed by atoms with Crippen LogP contribution in [0.1, 0.15) is 17.2 Å². The van der Waals surface area contributed by atoms with Crippen LogP contribution in [0.25, 0.3) is 0 Å². The lowest BCUT2D eigenvalue weighted by molar-refractivity contribution is 0.176. The van der Waals surface area contributed by atoms with E-state index in [0.717, 1.165) is 6.07 Å². The van der Waals surface area contributed by atoms with Gasteiger partial charge in [0.1, 0.15) is 0 Å². The van der Waals surface area contributed by atoms with E-state index < -0.39 is 17.7 Å². The molecule has 1 atom stereocenters. The summed E-state index contributed by atoms with van der Waals surface area (Å²) in [6, 6.07) is 5.31. The molecule has 0 radical (unpaired) electrons. The van der Waals surface area contributed by atoms with Crippen LogP contribution in [0.3, 0.4) is 0 Å². The first kappa shape index (κ1) is 12.1. The van der Waals surface area contributed by atoms with Crippen LogP contribution in [-0.4, -0.2) is 5.11 Å². The SMILES string of the molecule is OC(Cc1cccc(F)c1F)c1ccoc1Cl. The molecular formula is C12H9ClF2O2. The highest BCUT2D eigenvalue weighted by Gasteiger charge is 2.17. The van der Waals surface area contributed by atoms with Crippen molar-refractivity contribution in [3.63, 3.8) is 0 Å². The Hall–Kier alpha value is -1.39. The van der Waals surface area contributed by atoms with E-state index in [1.807, 2.05) is 0 Å². The number of aliphatic hydroxyl groups excluding tert-OH is 1. The molecule has 90 valence electrons. The molecule has 0 aliphatic heterocycles. The largest absolute Gasteiger partial charge is 0.453 e. The number of benzene rings is 1. The molecular weight excluding hydrogens is 250 g/mol. The number of hydrogen-bond acceptors (Lipinski definition) is 2. The second-order valence-electron chi connectivity index (χ2n) is 3.58. The van der Waals surface area contributed by atoms with Gasteiger partial charge in [-0.25, -0.2) is 8.78 Å². The third-order valence-corrected chi connectivity index (χ3v) is 2.76. The van der Waals surface area contributed by atoms with Gasteiger partial charge < -0.3 is 9.52 Å². The number of halogens is 3. The Kier molecular flexibility index (Phi) is 3.45. The van der Waals surface area contributed by atoms with Gasteiger partial charge in [-0.2, -0.15) is 0 Å². The normalized spacial score (nSPS) is 12.7. The molecule has 2 aromatic rings. The van der Waals surface area contributed by atoms with Crippen LogP contribution in [0.4, 0.5) is 8.78 Å². The van der Waals surface area contributed by atoms with Crippen molar-refractivity contribution in [1.82, 2.24) is 0 Å². The van der Waals surface area contributed by atoms with Gasteiger partial charge in [0.2, 0.25) is 0 Å². The standard InChI is InChI=1S/C12H9ClF2O2/c13-12-8(4-5-17-12)10(16)6-7-2-1-3-9(14)11(7)15/h1-5,10,16H,6H2. The van der Waals surface area contributed by atoms with E-state index in [1.165, 1.54) is 24.5 Å². The minimum Gasteiger partial charge on any atom is -0.453 e. The number of rotatable bonds is 3. The van der Waals surface area contributed by atoms with Crippen LogP contribution in [0.15, 0.2) is 34.9 Å². The molecule has 5 heteroatoms. The van der Waals surface area contributed by atoms with Crippen molar-refractivity contribution >= 4 is 11.6 Å². The second kappa shape index (κ2) is 4.85. The molecule has 0 spiro atoms. The fraction of sp³-hybridized carbons (Fsp3) is 0.167. The summed E-state index contributed by atoms with van der Waals surface area (Å²) in [5.74, 6) is -1.89. The predicted octanol–water partition coefficient (Wildman–Crippen LogP) is 3.49. The van der Waals surface area contributed by atoms with Crippen molar-refractivity contribution in [3.05, 3.63) is 58.5 Å². The molecule has 1 heterocycles. The third-order valence-electron chi connectivity index (χ3n) is 2.45. The van der Waals surface area contributed by atoms with Crippen molar-refractivity contribution in [2.24, 2.45) is 0 Å². The summed E-state index contributed by atoms with van der Waals surface area (Å²) in [5, 5.41) is 9.88. The lowest BCUT2D eigenvalue weighted by atomic mass is 10.0. The molecule has 0 saturated heterocycles. The Labute approximate surface area is 101 Å². The van der Waals surface area contributed by atoms with Crippen molar-refractivity contribution in [2.45, 2.75) is 12.5 Å². The zero-order valence-corrected chi connectivity index (χ0v) is 9.42. The zero-order valence-electron chi connectivity index (χ0n) is 8.66. The number of furan rings is 1. The first-order chi connectivity index (χ1) is 8.09. The van der Waals surface area contributed by atoms with Gasteiger partial charge in [-0.15, -0.1) is 0 Å². The second-order valence-corrected chi connectivity index (χ2v) is 3.93. The quantitative estimate of drug-likeness (QED) is 0.914. The highest BCUT2D eigenvalue weighted by molar-refractivity contribution is 6.29. The van der Waals surface area contributed by atoms with Crippen molar-refractivity contribution < 1.29 is 18.3 Å². The predicted molar refractivity (Wildman–Crippen MR) is 58.7 cm³/mol. The number of aliphatic hydroxyl groups is 1. The van der Waals surface area contributed by atoms with Crippen LogP contribution in [0.2, 0.25) is 5.22 Å². The van der Waals surface area contributed by atoms with Gasteiger partial charge in [0.15, 0.2) is 16.9 Å². The Balaban J connectivity index is 2.22. The third kappa shape index (κ3) is 2.48. The van der Waals surface area contributed by atoms with Crippen LogP contribution in [0.5, 0.6) is 0 Å². The Bertz CT molecular complexity index is 525. The van der Waals surface area contributed by atoms with Gasteiger partial charge in [-0.1, -0.05) is 12.1 Å². The molecule has 0 aliphatic rings. The molecule has 2 nitrogen and oxygen atoms in total. The first-order valence-corrected chi connectivity index (χ1v) is 5.31. The minimum atomic E-state index is -1.03. The zero-order chi connectivity index (χ0) is 12.4. The fourth-order valence-electron chi connectivity index (χ4n) is 1.57. The molecule has 0 bridgehead atoms. The van der Waals surface area contributed by atoms with E-state index in [-0.39, 0.29) is 17.2 Å². The summed E-state index contributed by atoms with van der Waals surface area (Å²) in [7, 11) is 0. The summed E-state index contributed by atoms with van der Waals surface area (Å²) in [6.45, 7) is 0. The Morgan fingerprint density at radius 1 is 1.29 bits per heavy atom. The first-order valence-electron chi connectivity index (χ1n) is 4.93. The van der Waals surface area contributed by atoms with E-state index in [2.05, 4.69) is 0 Å². The smallest absolute Gasteiger partial charge is 0.198 e. The molecule has 0 amide bonds. The molecule has 0 saturated carbocycles. The maximum atomic E-state index is 13.4. The average molecular weight is 259 g/mol. The van der Waals surface area contributed by atoms with Gasteiger partial charge in [0, 0.05) is 12.0 Å². The molecule has 1 aromatic heterocycles. The summed E-state index contributed by atoms with van der Waals surface area (Å²) in [5.41, 5.74) is 0.449. The summed E-state index contributed by atoms with van der Waals surface area (Å²) < 4.78 is 31.1. The maximum absolute atomic E-state index is 13.4. The topological polar surface area (TPSA) is 33.4 Å². The molecule has 1 aromatic carbocycles. The van der Waals surface area contributed by atoms with Crippen molar-refractivity contribution in [3.8, 4) is 0 Å². The van der Waals surface area contributed by atoms with E-state index in [1.54, 1.807) is 0 Å². The van der Waals surface area contributed by atoms with Crippen LogP contribution >= 0.6 is 11.6 Å². The van der Waals surface area contributed by atoms with Crippen LogP contribution in [0, 0.1) is 11.6 Å². The summed E-state index contributed by atoms with van der Waals surface area (Å²) >= 11 is 5.68. The Morgan fingerprint density at radius 3 is 2.71 bits per heavy atom. The lowest BCUT2D eigenvalue weighted by Crippen LogP contribution is -2.04. The van der Waals surface area contributed by atoms with Crippen LogP contribution in [-0.2, 0) is 6.42 Å². The molecule has 0 fully saturated rings. The van der Waals surface area contributed by atoms with Gasteiger partial charge >= 0.3 is 0 Å². The van der Waals surface area contributed by atoms with Gasteiger partial charge in [-0.3, -0.25) is 0 Å². The highest BCUT2D eigenvalue weighted by Crippen LogP contribution is 2.27. The Morgan fingerprint density at radius 2 is 2.06 bits per heavy atom. The van der Waals surface area contributed by atoms with E-state index in [4.69, 9.17) is 16.0 Å². The average Bonchev–Trinajstić information content (AvgIpc) is 2.71. The monoisotopic (exact) mass is 258 g/mol. The minimum absolute atomic E-state index is 0.0503. The molecule has 1 N–H and O–H groups in total. The van der Waals surface area contributed by atoms with Crippen molar-refractivity contribution in [1.29, 1.82) is 0 Å². The van der Waals surface area contributed by atoms with Crippen molar-refractivity contribution in [2.75, 3.05) is 0 Å². The maximum Gasteiger partial charge on any atom is 0.198 e. The summed E-state index contributed by atoms with van der Waals surface area (Å²) in [4.78, 5) is 0. The highest BCUT2D eigenvalue weighted by atomic mass is 35.5. The molecule has 17 heavy (non-hydrogen) atoms. The lowest BCUT2D eigenvalue weighted by Gasteiger charge is -2.10. The van der Waals surface area contributed by atoms with Gasteiger partial charge in [0.05, 0.1) is 12.4 Å². The van der Waals surface area contributed by atoms with Crippen LogP contribution < -0.4 is 0 Å². The van der Waals surface area contributed by atoms with Gasteiger partial charge in [-0.05, 0) is 29.3 Å².